The summed E-state index contributed by atoms with van der Waals surface area (Å²) >= 11 is 0. The third-order valence-corrected chi connectivity index (χ3v) is 3.15. The van der Waals surface area contributed by atoms with Crippen molar-refractivity contribution >= 4 is 23.3 Å². The van der Waals surface area contributed by atoms with Gasteiger partial charge in [0.25, 0.3) is 0 Å². The van der Waals surface area contributed by atoms with Crippen LogP contribution < -0.4 is 20.9 Å². The van der Waals surface area contributed by atoms with Gasteiger partial charge in [0.1, 0.15) is 18.2 Å². The second-order valence-electron chi connectivity index (χ2n) is 4.92. The molecule has 0 saturated heterocycles. The fourth-order valence-corrected chi connectivity index (χ4v) is 2.27. The number of fused-ring (bicyclic) bond motifs is 3. The lowest BCUT2D eigenvalue weighted by Gasteiger charge is -2.26. The zero-order valence-electron chi connectivity index (χ0n) is 11.3. The van der Waals surface area contributed by atoms with Gasteiger partial charge in [-0.2, -0.15) is 5.10 Å². The van der Waals surface area contributed by atoms with Crippen LogP contribution in [0.25, 0.3) is 10.9 Å². The molecule has 0 unspecified atom stereocenters. The van der Waals surface area contributed by atoms with Crippen molar-refractivity contribution in [2.45, 2.75) is 25.6 Å². The molecule has 0 radical (unpaired) electrons. The molecule has 3 rings (SSSR count). The van der Waals surface area contributed by atoms with E-state index in [9.17, 15) is 0 Å². The maximum absolute atomic E-state index is 5.92. The average molecular weight is 299 g/mol. The molecular formula is C13H19ClN4O2. The third-order valence-electron chi connectivity index (χ3n) is 3.15. The van der Waals surface area contributed by atoms with E-state index in [1.165, 1.54) is 0 Å². The first kappa shape index (κ1) is 14.9. The number of nitrogens with zero attached hydrogens (tertiary/aromatic N) is 2. The second-order valence-corrected chi connectivity index (χ2v) is 4.92. The zero-order valence-corrected chi connectivity index (χ0v) is 12.1. The Morgan fingerprint density at radius 3 is 3.00 bits per heavy atom. The predicted molar refractivity (Wildman–Crippen MR) is 79.6 cm³/mol. The molecule has 7 heteroatoms. The summed E-state index contributed by atoms with van der Waals surface area (Å²) < 4.78 is 13.5. The van der Waals surface area contributed by atoms with Crippen LogP contribution in [0.2, 0.25) is 0 Å². The Morgan fingerprint density at radius 1 is 1.50 bits per heavy atom. The smallest absolute Gasteiger partial charge is 0.187 e. The van der Waals surface area contributed by atoms with E-state index in [0.717, 1.165) is 22.4 Å². The van der Waals surface area contributed by atoms with Crippen molar-refractivity contribution in [3.8, 4) is 11.5 Å². The van der Waals surface area contributed by atoms with Gasteiger partial charge in [-0.25, -0.2) is 0 Å². The SMILES string of the molecule is C[C@H](N)Cn1ncc2ccc3c(c21)O[C@@H](CN)CO3.Cl. The van der Waals surface area contributed by atoms with E-state index in [2.05, 4.69) is 5.10 Å². The van der Waals surface area contributed by atoms with Gasteiger partial charge >= 0.3 is 0 Å². The first-order valence-electron chi connectivity index (χ1n) is 6.42. The molecule has 4 N–H and O–H groups in total. The van der Waals surface area contributed by atoms with Gasteiger partial charge in [-0.15, -0.1) is 12.4 Å². The molecule has 0 bridgehead atoms. The van der Waals surface area contributed by atoms with E-state index >= 15 is 0 Å². The highest BCUT2D eigenvalue weighted by atomic mass is 35.5. The molecule has 0 aliphatic carbocycles. The van der Waals surface area contributed by atoms with E-state index in [-0.39, 0.29) is 24.6 Å². The molecule has 1 aromatic heterocycles. The molecule has 0 saturated carbocycles. The largest absolute Gasteiger partial charge is 0.486 e. The quantitative estimate of drug-likeness (QED) is 0.879. The van der Waals surface area contributed by atoms with E-state index < -0.39 is 0 Å². The minimum Gasteiger partial charge on any atom is -0.486 e. The average Bonchev–Trinajstić information content (AvgIpc) is 2.81. The third kappa shape index (κ3) is 2.54. The molecular weight excluding hydrogens is 280 g/mol. The van der Waals surface area contributed by atoms with Crippen LogP contribution >= 0.6 is 12.4 Å². The lowest BCUT2D eigenvalue weighted by Crippen LogP contribution is -2.36. The maximum Gasteiger partial charge on any atom is 0.187 e. The van der Waals surface area contributed by atoms with Crippen molar-refractivity contribution in [1.29, 1.82) is 0 Å². The van der Waals surface area contributed by atoms with E-state index in [0.29, 0.717) is 19.7 Å². The Morgan fingerprint density at radius 2 is 2.30 bits per heavy atom. The summed E-state index contributed by atoms with van der Waals surface area (Å²) in [6.07, 6.45) is 1.70. The predicted octanol–water partition coefficient (Wildman–Crippen LogP) is 0.904. The van der Waals surface area contributed by atoms with Crippen LogP contribution in [0.3, 0.4) is 0 Å². The van der Waals surface area contributed by atoms with Crippen LogP contribution in [0.5, 0.6) is 11.5 Å². The standard InChI is InChI=1S/C13H18N4O2.ClH/c1-8(15)6-17-12-9(5-16-17)2-3-11-13(12)19-10(4-14)7-18-11;/h2-3,5,8,10H,4,6-7,14-15H2,1H3;1H/t8-,10-;/m0./s1. The highest BCUT2D eigenvalue weighted by Crippen LogP contribution is 2.38. The molecule has 1 aliphatic heterocycles. The van der Waals surface area contributed by atoms with Crippen LogP contribution in [-0.4, -0.2) is 35.1 Å². The number of rotatable bonds is 3. The Bertz CT molecular complexity index is 599. The fraction of sp³-hybridized carbons (Fsp3) is 0.462. The lowest BCUT2D eigenvalue weighted by atomic mass is 10.2. The molecule has 110 valence electrons. The molecule has 2 aromatic rings. The van der Waals surface area contributed by atoms with Crippen LogP contribution in [-0.2, 0) is 6.54 Å². The van der Waals surface area contributed by atoms with Gasteiger partial charge in [0, 0.05) is 18.0 Å². The second kappa shape index (κ2) is 5.87. The van der Waals surface area contributed by atoms with Crippen molar-refractivity contribution in [3.63, 3.8) is 0 Å². The summed E-state index contributed by atoms with van der Waals surface area (Å²) in [5, 5.41) is 5.38. The normalized spacial score (nSPS) is 18.6. The van der Waals surface area contributed by atoms with Crippen LogP contribution in [0, 0.1) is 0 Å². The minimum atomic E-state index is -0.114. The van der Waals surface area contributed by atoms with Crippen LogP contribution in [0.15, 0.2) is 18.3 Å². The first-order valence-corrected chi connectivity index (χ1v) is 6.42. The van der Waals surface area contributed by atoms with Crippen molar-refractivity contribution in [1.82, 2.24) is 9.78 Å². The number of nitrogens with two attached hydrogens (primary N) is 2. The molecule has 0 spiro atoms. The summed E-state index contributed by atoms with van der Waals surface area (Å²) in [5.74, 6) is 1.46. The van der Waals surface area contributed by atoms with Crippen molar-refractivity contribution in [3.05, 3.63) is 18.3 Å². The monoisotopic (exact) mass is 298 g/mol. The van der Waals surface area contributed by atoms with Gasteiger partial charge in [-0.05, 0) is 19.1 Å². The Labute approximate surface area is 123 Å². The highest BCUT2D eigenvalue weighted by molar-refractivity contribution is 5.87. The van der Waals surface area contributed by atoms with Crippen LogP contribution in [0.4, 0.5) is 0 Å². The lowest BCUT2D eigenvalue weighted by molar-refractivity contribution is 0.0983. The molecule has 0 amide bonds. The number of hydrogen-bond acceptors (Lipinski definition) is 5. The first-order chi connectivity index (χ1) is 9.19. The molecule has 0 fully saturated rings. The fourth-order valence-electron chi connectivity index (χ4n) is 2.27. The Kier molecular flexibility index (Phi) is 4.37. The Balaban J connectivity index is 0.00000147. The molecule has 1 aliphatic rings. The highest BCUT2D eigenvalue weighted by Gasteiger charge is 2.24. The molecule has 2 atom stereocenters. The number of benzene rings is 1. The number of hydrogen-bond donors (Lipinski definition) is 2. The van der Waals surface area contributed by atoms with Gasteiger partial charge in [-0.1, -0.05) is 0 Å². The molecule has 6 nitrogen and oxygen atoms in total. The minimum absolute atomic E-state index is 0. The number of aromatic nitrogens is 2. The summed E-state index contributed by atoms with van der Waals surface area (Å²) in [4.78, 5) is 0. The number of halogens is 1. The van der Waals surface area contributed by atoms with Gasteiger partial charge in [0.2, 0.25) is 0 Å². The van der Waals surface area contributed by atoms with Crippen molar-refractivity contribution in [2.24, 2.45) is 11.5 Å². The van der Waals surface area contributed by atoms with E-state index in [1.54, 1.807) is 0 Å². The van der Waals surface area contributed by atoms with Gasteiger partial charge in [-0.3, -0.25) is 4.68 Å². The topological polar surface area (TPSA) is 88.3 Å². The molecule has 20 heavy (non-hydrogen) atoms. The summed E-state index contributed by atoms with van der Waals surface area (Å²) in [7, 11) is 0. The summed E-state index contributed by atoms with van der Waals surface area (Å²) in [5.41, 5.74) is 12.4. The maximum atomic E-state index is 5.92. The van der Waals surface area contributed by atoms with Gasteiger partial charge in [0.05, 0.1) is 12.7 Å². The Hall–Kier alpha value is -1.50. The molecule has 1 aromatic carbocycles. The van der Waals surface area contributed by atoms with E-state index in [1.807, 2.05) is 29.9 Å². The summed E-state index contributed by atoms with van der Waals surface area (Å²) in [6, 6.07) is 3.90. The zero-order chi connectivity index (χ0) is 13.4. The van der Waals surface area contributed by atoms with E-state index in [4.69, 9.17) is 20.9 Å². The van der Waals surface area contributed by atoms with Crippen LogP contribution in [0.1, 0.15) is 6.92 Å². The van der Waals surface area contributed by atoms with Crippen molar-refractivity contribution in [2.75, 3.05) is 13.2 Å². The van der Waals surface area contributed by atoms with Crippen molar-refractivity contribution < 1.29 is 9.47 Å². The van der Waals surface area contributed by atoms with Gasteiger partial charge < -0.3 is 20.9 Å². The number of ether oxygens (including phenoxy) is 2. The molecule has 2 heterocycles. The summed E-state index contributed by atoms with van der Waals surface area (Å²) in [6.45, 7) is 3.49. The van der Waals surface area contributed by atoms with Gasteiger partial charge in [0.15, 0.2) is 11.5 Å².